The van der Waals surface area contributed by atoms with Gasteiger partial charge in [0.15, 0.2) is 0 Å². The van der Waals surface area contributed by atoms with E-state index in [1.807, 2.05) is 13.0 Å². The predicted molar refractivity (Wildman–Crippen MR) is 107 cm³/mol. The van der Waals surface area contributed by atoms with Crippen LogP contribution in [0.15, 0.2) is 52.1 Å². The van der Waals surface area contributed by atoms with Gasteiger partial charge in [0.05, 0.1) is 31.6 Å². The third kappa shape index (κ3) is 5.05. The summed E-state index contributed by atoms with van der Waals surface area (Å²) < 4.78 is 29.8. The van der Waals surface area contributed by atoms with E-state index in [4.69, 9.17) is 13.9 Å². The Bertz CT molecular complexity index is 995. The zero-order valence-corrected chi connectivity index (χ0v) is 17.0. The first-order valence-corrected chi connectivity index (χ1v) is 9.73. The van der Waals surface area contributed by atoms with Gasteiger partial charge in [-0.25, -0.2) is 4.39 Å². The molecule has 0 unspecified atom stereocenters. The average molecular weight is 417 g/mol. The van der Waals surface area contributed by atoms with Gasteiger partial charge in [-0.15, -0.1) is 10.2 Å². The zero-order chi connectivity index (χ0) is 20.8. The molecule has 2 aromatic carbocycles. The normalized spacial score (nSPS) is 11.7. The summed E-state index contributed by atoms with van der Waals surface area (Å²) in [5.74, 6) is 0.778. The van der Waals surface area contributed by atoms with Crippen molar-refractivity contribution in [2.24, 2.45) is 0 Å². The van der Waals surface area contributed by atoms with E-state index < -0.39 is 5.82 Å². The second-order valence-electron chi connectivity index (χ2n) is 6.04. The van der Waals surface area contributed by atoms with E-state index >= 15 is 0 Å². The molecule has 0 radical (unpaired) electrons. The summed E-state index contributed by atoms with van der Waals surface area (Å²) in [5.41, 5.74) is 1.01. The molecule has 0 saturated carbocycles. The number of carbonyl (C=O) groups excluding carboxylic acids is 1. The fourth-order valence-electron chi connectivity index (χ4n) is 2.68. The Labute approximate surface area is 171 Å². The molecule has 9 heteroatoms. The predicted octanol–water partition coefficient (Wildman–Crippen LogP) is 3.86. The minimum atomic E-state index is -0.452. The molecule has 29 heavy (non-hydrogen) atoms. The van der Waals surface area contributed by atoms with Gasteiger partial charge in [-0.1, -0.05) is 23.9 Å². The van der Waals surface area contributed by atoms with E-state index in [-0.39, 0.29) is 34.4 Å². The Kier molecular flexibility index (Phi) is 6.71. The van der Waals surface area contributed by atoms with Crippen molar-refractivity contribution in [3.05, 3.63) is 53.8 Å². The summed E-state index contributed by atoms with van der Waals surface area (Å²) in [6.45, 7) is 1.85. The average Bonchev–Trinajstić information content (AvgIpc) is 3.20. The maximum absolute atomic E-state index is 13.8. The third-order valence-electron chi connectivity index (χ3n) is 4.12. The van der Waals surface area contributed by atoms with Crippen LogP contribution in [0.3, 0.4) is 0 Å². The smallest absolute Gasteiger partial charge is 0.277 e. The SMILES string of the molecule is COc1ccc(OC)c([C@H](C)NC(=O)CSc2nnc(-c3ccccc3F)o2)c1. The van der Waals surface area contributed by atoms with Crippen molar-refractivity contribution in [2.45, 2.75) is 18.2 Å². The largest absolute Gasteiger partial charge is 0.497 e. The number of nitrogens with one attached hydrogen (secondary N) is 1. The number of nitrogens with zero attached hydrogens (tertiary/aromatic N) is 2. The van der Waals surface area contributed by atoms with E-state index in [2.05, 4.69) is 15.5 Å². The summed E-state index contributed by atoms with van der Waals surface area (Å²) in [5, 5.41) is 10.8. The Hall–Kier alpha value is -3.07. The van der Waals surface area contributed by atoms with Crippen molar-refractivity contribution < 1.29 is 23.1 Å². The van der Waals surface area contributed by atoms with Gasteiger partial charge in [0, 0.05) is 5.56 Å². The quantitative estimate of drug-likeness (QED) is 0.557. The number of hydrogen-bond acceptors (Lipinski definition) is 7. The number of ether oxygens (including phenoxy) is 2. The summed E-state index contributed by atoms with van der Waals surface area (Å²) >= 11 is 1.07. The maximum atomic E-state index is 13.8. The van der Waals surface area contributed by atoms with E-state index in [0.717, 1.165) is 17.3 Å². The van der Waals surface area contributed by atoms with Crippen LogP contribution in [0.25, 0.3) is 11.5 Å². The lowest BCUT2D eigenvalue weighted by atomic mass is 10.1. The monoisotopic (exact) mass is 417 g/mol. The number of halogens is 1. The Balaban J connectivity index is 1.60. The van der Waals surface area contributed by atoms with Crippen molar-refractivity contribution in [1.82, 2.24) is 15.5 Å². The number of thioether (sulfide) groups is 1. The fraction of sp³-hybridized carbons (Fsp3) is 0.250. The minimum Gasteiger partial charge on any atom is -0.497 e. The number of carbonyl (C=O) groups is 1. The van der Waals surface area contributed by atoms with Crippen LogP contribution in [-0.2, 0) is 4.79 Å². The molecule has 0 aliphatic rings. The van der Waals surface area contributed by atoms with Crippen LogP contribution < -0.4 is 14.8 Å². The van der Waals surface area contributed by atoms with Gasteiger partial charge >= 0.3 is 0 Å². The van der Waals surface area contributed by atoms with Crippen molar-refractivity contribution in [3.63, 3.8) is 0 Å². The summed E-state index contributed by atoms with van der Waals surface area (Å²) in [6, 6.07) is 11.2. The lowest BCUT2D eigenvalue weighted by Crippen LogP contribution is -2.28. The molecule has 0 aliphatic carbocycles. The Morgan fingerprint density at radius 2 is 2.00 bits per heavy atom. The molecule has 1 aromatic heterocycles. The van der Waals surface area contributed by atoms with E-state index in [0.29, 0.717) is 11.5 Å². The second kappa shape index (κ2) is 9.42. The number of aromatic nitrogens is 2. The van der Waals surface area contributed by atoms with Gasteiger partial charge < -0.3 is 19.2 Å². The number of hydrogen-bond donors (Lipinski definition) is 1. The highest BCUT2D eigenvalue weighted by Gasteiger charge is 2.17. The van der Waals surface area contributed by atoms with Crippen LogP contribution in [0, 0.1) is 5.82 Å². The number of methoxy groups -OCH3 is 2. The van der Waals surface area contributed by atoms with Gasteiger partial charge in [0.1, 0.15) is 17.3 Å². The van der Waals surface area contributed by atoms with Crippen LogP contribution in [0.2, 0.25) is 0 Å². The molecule has 0 saturated heterocycles. The fourth-order valence-corrected chi connectivity index (χ4v) is 3.25. The van der Waals surface area contributed by atoms with Gasteiger partial charge in [-0.3, -0.25) is 4.79 Å². The molecule has 1 atom stereocenters. The molecule has 1 amide bonds. The molecule has 152 valence electrons. The minimum absolute atomic E-state index is 0.0650. The second-order valence-corrected chi connectivity index (χ2v) is 6.97. The van der Waals surface area contributed by atoms with Crippen LogP contribution >= 0.6 is 11.8 Å². The lowest BCUT2D eigenvalue weighted by molar-refractivity contribution is -0.119. The van der Waals surface area contributed by atoms with Crippen molar-refractivity contribution >= 4 is 17.7 Å². The topological polar surface area (TPSA) is 86.5 Å². The molecule has 3 rings (SSSR count). The zero-order valence-electron chi connectivity index (χ0n) is 16.1. The first-order chi connectivity index (χ1) is 14.0. The first-order valence-electron chi connectivity index (χ1n) is 8.74. The molecular formula is C20H20FN3O4S. The van der Waals surface area contributed by atoms with Gasteiger partial charge in [-0.05, 0) is 37.3 Å². The molecule has 0 fully saturated rings. The number of rotatable bonds is 8. The van der Waals surface area contributed by atoms with Gasteiger partial charge in [0.2, 0.25) is 5.91 Å². The number of amides is 1. The highest BCUT2D eigenvalue weighted by Crippen LogP contribution is 2.29. The molecule has 0 aliphatic heterocycles. The standard InChI is InChI=1S/C20H20FN3O4S/c1-12(15-10-13(26-2)8-9-17(15)27-3)22-18(25)11-29-20-24-23-19(28-20)14-6-4-5-7-16(14)21/h4-10,12H,11H2,1-3H3,(H,22,25)/t12-/m0/s1. The van der Waals surface area contributed by atoms with Crippen LogP contribution in [0.5, 0.6) is 11.5 Å². The Morgan fingerprint density at radius 3 is 2.72 bits per heavy atom. The summed E-state index contributed by atoms with van der Waals surface area (Å²) in [6.07, 6.45) is 0. The summed E-state index contributed by atoms with van der Waals surface area (Å²) in [7, 11) is 3.14. The highest BCUT2D eigenvalue weighted by atomic mass is 32.2. The maximum Gasteiger partial charge on any atom is 0.277 e. The van der Waals surface area contributed by atoms with E-state index in [1.165, 1.54) is 6.07 Å². The van der Waals surface area contributed by atoms with E-state index in [1.54, 1.807) is 44.6 Å². The number of benzene rings is 2. The third-order valence-corrected chi connectivity index (χ3v) is 4.94. The van der Waals surface area contributed by atoms with E-state index in [9.17, 15) is 9.18 Å². The van der Waals surface area contributed by atoms with Gasteiger partial charge in [-0.2, -0.15) is 0 Å². The summed E-state index contributed by atoms with van der Waals surface area (Å²) in [4.78, 5) is 12.3. The van der Waals surface area contributed by atoms with Crippen molar-refractivity contribution in [1.29, 1.82) is 0 Å². The molecular weight excluding hydrogens is 397 g/mol. The van der Waals surface area contributed by atoms with Crippen molar-refractivity contribution in [3.8, 4) is 23.0 Å². The molecule has 1 heterocycles. The first kappa shape index (κ1) is 20.7. The molecule has 1 N–H and O–H groups in total. The van der Waals surface area contributed by atoms with Crippen LogP contribution in [-0.4, -0.2) is 36.1 Å². The molecule has 0 bridgehead atoms. The Morgan fingerprint density at radius 1 is 1.21 bits per heavy atom. The van der Waals surface area contributed by atoms with Crippen LogP contribution in [0.1, 0.15) is 18.5 Å². The highest BCUT2D eigenvalue weighted by molar-refractivity contribution is 7.99. The lowest BCUT2D eigenvalue weighted by Gasteiger charge is -2.18. The van der Waals surface area contributed by atoms with Crippen LogP contribution in [0.4, 0.5) is 4.39 Å². The molecule has 7 nitrogen and oxygen atoms in total. The van der Waals surface area contributed by atoms with Crippen molar-refractivity contribution in [2.75, 3.05) is 20.0 Å². The molecule has 0 spiro atoms. The van der Waals surface area contributed by atoms with Gasteiger partial charge in [0.25, 0.3) is 11.1 Å². The molecule has 3 aromatic rings.